The van der Waals surface area contributed by atoms with Crippen molar-refractivity contribution >= 4 is 17.6 Å². The summed E-state index contributed by atoms with van der Waals surface area (Å²) in [6.07, 6.45) is 8.53. The number of benzene rings is 1. The number of carbonyl (C=O) groups is 2. The van der Waals surface area contributed by atoms with E-state index in [9.17, 15) is 19.1 Å². The second kappa shape index (κ2) is 13.2. The molecule has 12 heteroatoms. The highest BCUT2D eigenvalue weighted by Gasteiger charge is 2.51. The molecular formula is C36H52FN7O4. The van der Waals surface area contributed by atoms with Gasteiger partial charge in [-0.1, -0.05) is 0 Å². The third-order valence-electron chi connectivity index (χ3n) is 11.3. The van der Waals surface area contributed by atoms with E-state index in [-0.39, 0.29) is 58.0 Å². The van der Waals surface area contributed by atoms with Gasteiger partial charge in [-0.15, -0.1) is 10.2 Å². The zero-order valence-electron chi connectivity index (χ0n) is 29.3. The summed E-state index contributed by atoms with van der Waals surface area (Å²) >= 11 is 0. The van der Waals surface area contributed by atoms with E-state index in [0.717, 1.165) is 77.7 Å². The lowest BCUT2D eigenvalue weighted by atomic mass is 9.71. The summed E-state index contributed by atoms with van der Waals surface area (Å²) in [6, 6.07) is 3.82. The van der Waals surface area contributed by atoms with Crippen molar-refractivity contribution in [2.24, 2.45) is 17.3 Å². The smallest absolute Gasteiger partial charge is 0.282 e. The van der Waals surface area contributed by atoms with Crippen molar-refractivity contribution in [2.75, 3.05) is 37.6 Å². The van der Waals surface area contributed by atoms with Crippen LogP contribution in [0.4, 0.5) is 10.2 Å². The third kappa shape index (κ3) is 7.01. The molecule has 0 unspecified atom stereocenters. The lowest BCUT2D eigenvalue weighted by molar-refractivity contribution is -0.129. The van der Waals surface area contributed by atoms with Gasteiger partial charge >= 0.3 is 0 Å². The fourth-order valence-corrected chi connectivity index (χ4v) is 8.61. The van der Waals surface area contributed by atoms with Crippen LogP contribution in [0.15, 0.2) is 24.5 Å². The number of rotatable bonds is 9. The average molecular weight is 666 g/mol. The number of aliphatic hydroxyl groups is 1. The predicted molar refractivity (Wildman–Crippen MR) is 180 cm³/mol. The van der Waals surface area contributed by atoms with Crippen LogP contribution in [0.2, 0.25) is 0 Å². The molecule has 262 valence electrons. The number of carbonyl (C=O) groups excluding carboxylic acids is 2. The molecule has 3 saturated heterocycles. The minimum absolute atomic E-state index is 0.00294. The Hall–Kier alpha value is -3.38. The van der Waals surface area contributed by atoms with Crippen LogP contribution in [-0.4, -0.2) is 97.8 Å². The van der Waals surface area contributed by atoms with Gasteiger partial charge in [0, 0.05) is 42.7 Å². The van der Waals surface area contributed by atoms with Gasteiger partial charge in [-0.25, -0.2) is 9.37 Å². The molecule has 4 heterocycles. The highest BCUT2D eigenvalue weighted by atomic mass is 19.1. The van der Waals surface area contributed by atoms with Gasteiger partial charge in [0.2, 0.25) is 5.91 Å². The molecule has 2 amide bonds. The van der Waals surface area contributed by atoms with Gasteiger partial charge < -0.3 is 29.9 Å². The fourth-order valence-electron chi connectivity index (χ4n) is 8.61. The van der Waals surface area contributed by atoms with E-state index in [4.69, 9.17) is 4.74 Å². The van der Waals surface area contributed by atoms with Crippen molar-refractivity contribution in [2.45, 2.75) is 110 Å². The lowest BCUT2D eigenvalue weighted by Crippen LogP contribution is -2.61. The number of anilines is 1. The Morgan fingerprint density at radius 2 is 1.79 bits per heavy atom. The molecule has 6 rings (SSSR count). The molecule has 0 bridgehead atoms. The fraction of sp³-hybridized carbons (Fsp3) is 0.694. The standard InChI is InChI=1S/C36H52FN7O4/c1-23(2)44(24(3)4)33(46)27-17-26(37)7-8-29(27)48-32-30(38-22-39-41-32)43-20-35(21-43)13-15-42(16-14-35)19-25-9-11-36(12-10-25)18-28(31(45)40-36)34(5,6)47/h7-8,17,22-25,28,47H,9-16,18-21H2,1-6H3,(H,40,45)/t25-,28-,36-/m0/s1. The van der Waals surface area contributed by atoms with Crippen molar-refractivity contribution in [1.82, 2.24) is 30.3 Å². The SMILES string of the molecule is CC(C)N(C(=O)c1cc(F)ccc1Oc1nncnc1N1CC2(CCN(C[C@H]3CC[C@]4(CC3)C[C@H](C(C)(C)O)C(=O)N4)CC2)C1)C(C)C. The Morgan fingerprint density at radius 1 is 1.12 bits per heavy atom. The Kier molecular flexibility index (Phi) is 9.45. The van der Waals surface area contributed by atoms with Crippen LogP contribution < -0.4 is 15.0 Å². The van der Waals surface area contributed by atoms with Crippen LogP contribution in [0.25, 0.3) is 0 Å². The van der Waals surface area contributed by atoms with Crippen molar-refractivity contribution in [3.05, 3.63) is 35.9 Å². The van der Waals surface area contributed by atoms with Crippen LogP contribution in [0.3, 0.4) is 0 Å². The molecule has 1 aromatic heterocycles. The number of hydrogen-bond donors (Lipinski definition) is 2. The van der Waals surface area contributed by atoms with Crippen molar-refractivity contribution in [3.8, 4) is 11.6 Å². The first-order chi connectivity index (χ1) is 22.7. The highest BCUT2D eigenvalue weighted by molar-refractivity contribution is 5.97. The van der Waals surface area contributed by atoms with E-state index in [1.807, 2.05) is 27.7 Å². The van der Waals surface area contributed by atoms with Crippen molar-refractivity contribution < 1.29 is 23.8 Å². The van der Waals surface area contributed by atoms with E-state index in [1.165, 1.54) is 24.5 Å². The molecule has 0 radical (unpaired) electrons. The molecule has 2 aromatic rings. The Labute approximate surface area is 283 Å². The molecule has 4 aliphatic rings. The van der Waals surface area contributed by atoms with E-state index >= 15 is 0 Å². The average Bonchev–Trinajstić information content (AvgIpc) is 3.34. The Balaban J connectivity index is 1.03. The minimum atomic E-state index is -0.987. The topological polar surface area (TPSA) is 124 Å². The monoisotopic (exact) mass is 665 g/mol. The highest BCUT2D eigenvalue weighted by Crippen LogP contribution is 2.46. The van der Waals surface area contributed by atoms with Crippen LogP contribution in [-0.2, 0) is 4.79 Å². The normalized spacial score (nSPS) is 25.9. The second-order valence-electron chi connectivity index (χ2n) is 16.0. The third-order valence-corrected chi connectivity index (χ3v) is 11.3. The number of aromatic nitrogens is 3. The molecule has 1 aromatic carbocycles. The first-order valence-electron chi connectivity index (χ1n) is 17.7. The predicted octanol–water partition coefficient (Wildman–Crippen LogP) is 4.80. The molecule has 3 aliphatic heterocycles. The first-order valence-corrected chi connectivity index (χ1v) is 17.7. The second-order valence-corrected chi connectivity index (χ2v) is 16.0. The summed E-state index contributed by atoms with van der Waals surface area (Å²) in [7, 11) is 0. The van der Waals surface area contributed by atoms with Crippen LogP contribution >= 0.6 is 0 Å². The van der Waals surface area contributed by atoms with Gasteiger partial charge in [0.1, 0.15) is 17.9 Å². The van der Waals surface area contributed by atoms with E-state index in [2.05, 4.69) is 30.3 Å². The number of nitrogens with zero attached hydrogens (tertiary/aromatic N) is 6. The number of piperidine rings is 1. The summed E-state index contributed by atoms with van der Waals surface area (Å²) in [5.74, 6) is 0.487. The number of ether oxygens (including phenoxy) is 1. The molecule has 2 N–H and O–H groups in total. The number of likely N-dealkylation sites (tertiary alicyclic amines) is 1. The van der Waals surface area contributed by atoms with E-state index in [1.54, 1.807) is 18.7 Å². The molecule has 1 atom stereocenters. The molecule has 1 saturated carbocycles. The van der Waals surface area contributed by atoms with Crippen LogP contribution in [0.5, 0.6) is 11.6 Å². The molecule has 11 nitrogen and oxygen atoms in total. The van der Waals surface area contributed by atoms with Gasteiger partial charge in [-0.05, 0) is 124 Å². The van der Waals surface area contributed by atoms with Crippen LogP contribution in [0.1, 0.15) is 96.8 Å². The Morgan fingerprint density at radius 3 is 2.40 bits per heavy atom. The molecular weight excluding hydrogens is 613 g/mol. The van der Waals surface area contributed by atoms with Gasteiger partial charge in [-0.2, -0.15) is 0 Å². The number of nitrogens with one attached hydrogen (secondary N) is 1. The maximum absolute atomic E-state index is 14.4. The van der Waals surface area contributed by atoms with Gasteiger partial charge in [0.15, 0.2) is 5.82 Å². The zero-order valence-corrected chi connectivity index (χ0v) is 29.3. The largest absolute Gasteiger partial charge is 0.434 e. The van der Waals surface area contributed by atoms with Gasteiger partial charge in [-0.3, -0.25) is 9.59 Å². The summed E-state index contributed by atoms with van der Waals surface area (Å²) in [5.41, 5.74) is -0.782. The maximum Gasteiger partial charge on any atom is 0.282 e. The molecule has 4 fully saturated rings. The van der Waals surface area contributed by atoms with E-state index < -0.39 is 11.4 Å². The first kappa shape index (κ1) is 34.5. The zero-order chi connectivity index (χ0) is 34.4. The minimum Gasteiger partial charge on any atom is -0.434 e. The van der Waals surface area contributed by atoms with Crippen molar-refractivity contribution in [3.63, 3.8) is 0 Å². The lowest BCUT2D eigenvalue weighted by Gasteiger charge is -2.54. The number of hydrogen-bond acceptors (Lipinski definition) is 9. The Bertz CT molecular complexity index is 1480. The molecule has 48 heavy (non-hydrogen) atoms. The van der Waals surface area contributed by atoms with Crippen LogP contribution in [0, 0.1) is 23.1 Å². The summed E-state index contributed by atoms with van der Waals surface area (Å²) in [5, 5.41) is 21.9. The summed E-state index contributed by atoms with van der Waals surface area (Å²) in [6.45, 7) is 16.1. The molecule has 2 spiro atoms. The molecule has 1 aliphatic carbocycles. The van der Waals surface area contributed by atoms with Crippen molar-refractivity contribution in [1.29, 1.82) is 0 Å². The van der Waals surface area contributed by atoms with Gasteiger partial charge in [0.25, 0.3) is 11.8 Å². The number of halogens is 1. The summed E-state index contributed by atoms with van der Waals surface area (Å²) < 4.78 is 20.6. The quantitative estimate of drug-likeness (QED) is 0.389. The maximum atomic E-state index is 14.4. The van der Waals surface area contributed by atoms with E-state index in [0.29, 0.717) is 11.7 Å². The number of amides is 2. The van der Waals surface area contributed by atoms with Gasteiger partial charge in [0.05, 0.1) is 17.1 Å². The summed E-state index contributed by atoms with van der Waals surface area (Å²) in [4.78, 5) is 37.1.